The van der Waals surface area contributed by atoms with Crippen LogP contribution in [-0.4, -0.2) is 41.2 Å². The Labute approximate surface area is 142 Å². The molecule has 2 unspecified atom stereocenters. The van der Waals surface area contributed by atoms with E-state index >= 15 is 0 Å². The van der Waals surface area contributed by atoms with Crippen LogP contribution >= 0.6 is 11.3 Å². The molecule has 1 aliphatic heterocycles. The predicted octanol–water partition coefficient (Wildman–Crippen LogP) is 2.32. The molecule has 1 aliphatic rings. The zero-order valence-electron chi connectivity index (χ0n) is 13.2. The van der Waals surface area contributed by atoms with Crippen LogP contribution in [0.1, 0.15) is 28.2 Å². The molecule has 0 radical (unpaired) electrons. The van der Waals surface area contributed by atoms with E-state index in [1.54, 1.807) is 19.1 Å². The van der Waals surface area contributed by atoms with Crippen LogP contribution in [-0.2, 0) is 9.53 Å². The summed E-state index contributed by atoms with van der Waals surface area (Å²) >= 11 is 1.33. The highest BCUT2D eigenvalue weighted by Gasteiger charge is 2.32. The van der Waals surface area contributed by atoms with E-state index in [0.717, 1.165) is 6.42 Å². The van der Waals surface area contributed by atoms with Crippen molar-refractivity contribution in [3.63, 3.8) is 0 Å². The Balaban J connectivity index is 1.76. The topological polar surface area (TPSA) is 102 Å². The monoisotopic (exact) mass is 350 g/mol. The van der Waals surface area contributed by atoms with Crippen LogP contribution in [0.3, 0.4) is 0 Å². The van der Waals surface area contributed by atoms with Crippen molar-refractivity contribution < 1.29 is 23.8 Å². The minimum atomic E-state index is -1.06. The summed E-state index contributed by atoms with van der Waals surface area (Å²) in [5.41, 5.74) is 0.231. The third-order valence-corrected chi connectivity index (χ3v) is 4.95. The Morgan fingerprint density at radius 2 is 2.33 bits per heavy atom. The number of ether oxygens (including phenoxy) is 1. The van der Waals surface area contributed by atoms with Crippen molar-refractivity contribution in [1.29, 1.82) is 0 Å². The van der Waals surface area contributed by atoms with Crippen LogP contribution in [0.15, 0.2) is 22.8 Å². The van der Waals surface area contributed by atoms with Gasteiger partial charge in [-0.05, 0) is 31.9 Å². The molecular weight excluding hydrogens is 332 g/mol. The average molecular weight is 350 g/mol. The number of amides is 1. The maximum Gasteiger partial charge on any atom is 0.326 e. The van der Waals surface area contributed by atoms with Crippen molar-refractivity contribution >= 4 is 23.2 Å². The average Bonchev–Trinajstić information content (AvgIpc) is 3.22. The van der Waals surface area contributed by atoms with E-state index in [1.165, 1.54) is 17.6 Å². The van der Waals surface area contributed by atoms with Gasteiger partial charge in [0.15, 0.2) is 10.8 Å². The van der Waals surface area contributed by atoms with Crippen LogP contribution in [0.5, 0.6) is 0 Å². The summed E-state index contributed by atoms with van der Waals surface area (Å²) < 4.78 is 10.6. The number of furan rings is 1. The maximum atomic E-state index is 12.5. The second-order valence-electron chi connectivity index (χ2n) is 5.67. The number of carboxylic acid groups (broad SMARTS) is 1. The van der Waals surface area contributed by atoms with Crippen molar-refractivity contribution in [3.05, 3.63) is 29.0 Å². The largest absolute Gasteiger partial charge is 0.480 e. The van der Waals surface area contributed by atoms with E-state index in [-0.39, 0.29) is 11.6 Å². The summed E-state index contributed by atoms with van der Waals surface area (Å²) in [6.45, 7) is 2.75. The first-order valence-electron chi connectivity index (χ1n) is 7.69. The van der Waals surface area contributed by atoms with Crippen LogP contribution in [0, 0.1) is 12.8 Å². The summed E-state index contributed by atoms with van der Waals surface area (Å²) in [5, 5.41) is 12.6. The van der Waals surface area contributed by atoms with Crippen LogP contribution in [0.4, 0.5) is 0 Å². The molecule has 3 rings (SSSR count). The fourth-order valence-electron chi connectivity index (χ4n) is 2.73. The van der Waals surface area contributed by atoms with Gasteiger partial charge in [0.25, 0.3) is 5.91 Å². The molecule has 0 aliphatic carbocycles. The summed E-state index contributed by atoms with van der Waals surface area (Å²) in [6.07, 6.45) is 3.04. The quantitative estimate of drug-likeness (QED) is 0.858. The van der Waals surface area contributed by atoms with E-state index in [0.29, 0.717) is 35.3 Å². The minimum absolute atomic E-state index is 0.231. The highest BCUT2D eigenvalue weighted by molar-refractivity contribution is 7.15. The van der Waals surface area contributed by atoms with Gasteiger partial charge in [0.1, 0.15) is 11.7 Å². The van der Waals surface area contributed by atoms with E-state index in [2.05, 4.69) is 10.3 Å². The lowest BCUT2D eigenvalue weighted by atomic mass is 9.93. The molecular formula is C16H18N2O5S. The molecule has 1 saturated heterocycles. The van der Waals surface area contributed by atoms with Crippen LogP contribution < -0.4 is 5.32 Å². The molecule has 24 heavy (non-hydrogen) atoms. The third kappa shape index (κ3) is 3.49. The smallest absolute Gasteiger partial charge is 0.326 e. The number of aromatic nitrogens is 1. The van der Waals surface area contributed by atoms with Gasteiger partial charge in [-0.1, -0.05) is 0 Å². The van der Waals surface area contributed by atoms with Crippen LogP contribution in [0.2, 0.25) is 0 Å². The zero-order chi connectivity index (χ0) is 17.1. The maximum absolute atomic E-state index is 12.5. The Morgan fingerprint density at radius 3 is 2.96 bits per heavy atom. The van der Waals surface area contributed by atoms with Crippen molar-refractivity contribution in [3.8, 4) is 10.8 Å². The third-order valence-electron chi connectivity index (χ3n) is 3.96. The number of hydrogen-bond acceptors (Lipinski definition) is 6. The van der Waals surface area contributed by atoms with Crippen LogP contribution in [0.25, 0.3) is 10.8 Å². The number of carbonyl (C=O) groups is 2. The highest BCUT2D eigenvalue weighted by Crippen LogP contribution is 2.28. The van der Waals surface area contributed by atoms with Crippen molar-refractivity contribution in [1.82, 2.24) is 10.3 Å². The second kappa shape index (κ2) is 7.14. The number of nitrogens with zero attached hydrogens (tertiary/aromatic N) is 1. The molecule has 1 amide bonds. The van der Waals surface area contributed by atoms with Gasteiger partial charge >= 0.3 is 5.97 Å². The number of aliphatic carboxylic acids is 1. The van der Waals surface area contributed by atoms with Gasteiger partial charge in [0.2, 0.25) is 0 Å². The molecule has 0 saturated carbocycles. The van der Waals surface area contributed by atoms with Crippen molar-refractivity contribution in [2.45, 2.75) is 25.8 Å². The van der Waals surface area contributed by atoms with Gasteiger partial charge in [-0.3, -0.25) is 4.79 Å². The summed E-state index contributed by atoms with van der Waals surface area (Å²) in [6, 6.07) is 2.53. The summed E-state index contributed by atoms with van der Waals surface area (Å²) in [7, 11) is 0. The van der Waals surface area contributed by atoms with Crippen molar-refractivity contribution in [2.24, 2.45) is 5.92 Å². The summed E-state index contributed by atoms with van der Waals surface area (Å²) in [4.78, 5) is 29.1. The van der Waals surface area contributed by atoms with E-state index in [1.807, 2.05) is 0 Å². The Morgan fingerprint density at radius 1 is 1.50 bits per heavy atom. The number of aryl methyl sites for hydroxylation is 1. The highest BCUT2D eigenvalue weighted by atomic mass is 32.1. The number of rotatable bonds is 5. The normalized spacial score (nSPS) is 19.0. The number of thiazole rings is 1. The molecule has 0 bridgehead atoms. The summed E-state index contributed by atoms with van der Waals surface area (Å²) in [5.74, 6) is -1.20. The number of hydrogen-bond donors (Lipinski definition) is 2. The molecule has 3 heterocycles. The van der Waals surface area contributed by atoms with E-state index in [4.69, 9.17) is 9.15 Å². The van der Waals surface area contributed by atoms with Gasteiger partial charge in [-0.25, -0.2) is 9.78 Å². The molecule has 2 N–H and O–H groups in total. The fourth-order valence-corrected chi connectivity index (χ4v) is 3.61. The zero-order valence-corrected chi connectivity index (χ0v) is 14.0. The van der Waals surface area contributed by atoms with Gasteiger partial charge in [-0.15, -0.1) is 11.3 Å². The molecule has 0 aromatic carbocycles. The molecule has 8 heteroatoms. The number of nitrogens with one attached hydrogen (secondary N) is 1. The van der Waals surface area contributed by atoms with Gasteiger partial charge < -0.3 is 19.6 Å². The molecule has 2 aromatic rings. The van der Waals surface area contributed by atoms with Gasteiger partial charge in [0.05, 0.1) is 12.9 Å². The lowest BCUT2D eigenvalue weighted by molar-refractivity contribution is -0.142. The first kappa shape index (κ1) is 16.7. The number of carboxylic acids is 1. The first-order valence-corrected chi connectivity index (χ1v) is 8.50. The molecule has 128 valence electrons. The molecule has 2 aromatic heterocycles. The molecule has 1 fully saturated rings. The molecule has 0 spiro atoms. The first-order chi connectivity index (χ1) is 11.6. The van der Waals surface area contributed by atoms with Gasteiger partial charge in [-0.2, -0.15) is 0 Å². The number of carbonyl (C=O) groups excluding carboxylic acids is 1. The minimum Gasteiger partial charge on any atom is -0.480 e. The van der Waals surface area contributed by atoms with E-state index in [9.17, 15) is 14.7 Å². The molecule has 7 nitrogen and oxygen atoms in total. The SMILES string of the molecule is Cc1sc(-c2ccco2)nc1C(=O)NC(C(=O)O)C1CCCOC1. The Bertz CT molecular complexity index is 719. The lowest BCUT2D eigenvalue weighted by Gasteiger charge is -2.27. The fraction of sp³-hybridized carbons (Fsp3) is 0.438. The predicted molar refractivity (Wildman–Crippen MR) is 87.0 cm³/mol. The van der Waals surface area contributed by atoms with Gasteiger partial charge in [0, 0.05) is 17.4 Å². The Kier molecular flexibility index (Phi) is 4.96. The van der Waals surface area contributed by atoms with Crippen molar-refractivity contribution in [2.75, 3.05) is 13.2 Å². The van der Waals surface area contributed by atoms with E-state index < -0.39 is 17.9 Å². The standard InChI is InChI=1S/C16H18N2O5S/c1-9-12(18-15(24-9)11-5-3-7-23-11)14(19)17-13(16(20)21)10-4-2-6-22-8-10/h3,5,7,10,13H,2,4,6,8H2,1H3,(H,17,19)(H,20,21). The molecule has 2 atom stereocenters. The Hall–Kier alpha value is -2.19. The lowest BCUT2D eigenvalue weighted by Crippen LogP contribution is -2.48. The second-order valence-corrected chi connectivity index (χ2v) is 6.87.